The van der Waals surface area contributed by atoms with Crippen LogP contribution in [0.2, 0.25) is 0 Å². The summed E-state index contributed by atoms with van der Waals surface area (Å²) in [6.07, 6.45) is 2.91. The summed E-state index contributed by atoms with van der Waals surface area (Å²) in [5, 5.41) is 7.82. The van der Waals surface area contributed by atoms with Gasteiger partial charge in [-0.3, -0.25) is 9.69 Å². The fourth-order valence-electron chi connectivity index (χ4n) is 4.73. The molecule has 0 radical (unpaired) electrons. The van der Waals surface area contributed by atoms with Crippen LogP contribution < -0.4 is 14.8 Å². The van der Waals surface area contributed by atoms with Crippen molar-refractivity contribution >= 4 is 17.2 Å². The minimum absolute atomic E-state index is 0.0268. The maximum absolute atomic E-state index is 12.4. The third-order valence-electron chi connectivity index (χ3n) is 6.38. The van der Waals surface area contributed by atoms with E-state index in [0.717, 1.165) is 58.6 Å². The average molecular weight is 470 g/mol. The number of aromatic nitrogens is 3. The highest BCUT2D eigenvalue weighted by Crippen LogP contribution is 2.34. The van der Waals surface area contributed by atoms with Crippen LogP contribution in [0.1, 0.15) is 24.2 Å². The maximum atomic E-state index is 12.4. The molecule has 1 saturated heterocycles. The van der Waals surface area contributed by atoms with E-state index in [1.54, 1.807) is 0 Å². The number of ether oxygens (including phenoxy) is 2. The largest absolute Gasteiger partial charge is 0.486 e. The number of hydrogen-bond acceptors (Lipinski definition) is 6. The minimum atomic E-state index is 0.0268. The predicted molar refractivity (Wildman–Crippen MR) is 133 cm³/mol. The number of carbonyl (C=O) groups is 1. The van der Waals surface area contributed by atoms with E-state index in [4.69, 9.17) is 19.6 Å². The van der Waals surface area contributed by atoms with Crippen LogP contribution in [0.3, 0.4) is 0 Å². The molecule has 2 aromatic heterocycles. The Bertz CT molecular complexity index is 1380. The van der Waals surface area contributed by atoms with Gasteiger partial charge in [0.2, 0.25) is 5.91 Å². The summed E-state index contributed by atoms with van der Waals surface area (Å²) in [4.78, 5) is 19.4. The lowest BCUT2D eigenvalue weighted by molar-refractivity contribution is -0.117. The highest BCUT2D eigenvalue weighted by Gasteiger charge is 2.17. The molecule has 2 aliphatic heterocycles. The highest BCUT2D eigenvalue weighted by molar-refractivity contribution is 5.92. The van der Waals surface area contributed by atoms with Crippen molar-refractivity contribution in [1.29, 1.82) is 0 Å². The molecule has 0 unspecified atom stereocenters. The molecule has 1 fully saturated rings. The van der Waals surface area contributed by atoms with Crippen molar-refractivity contribution in [3.05, 3.63) is 72.1 Å². The molecule has 0 bridgehead atoms. The standard InChI is InChI=1S/C27H27N5O3/c33-27(18-31-11-1-2-12-31)28-21-6-3-5-19(15-21)16-25-29-26-8-4-7-22(32(26)30-25)20-9-10-23-24(17-20)35-14-13-34-23/h3-10,15,17H,1-2,11-14,16,18H2,(H,28,33). The van der Waals surface area contributed by atoms with Crippen LogP contribution in [0.25, 0.3) is 16.9 Å². The van der Waals surface area contributed by atoms with E-state index < -0.39 is 0 Å². The van der Waals surface area contributed by atoms with Gasteiger partial charge in [0.1, 0.15) is 13.2 Å². The van der Waals surface area contributed by atoms with Gasteiger partial charge in [0, 0.05) is 17.7 Å². The zero-order valence-corrected chi connectivity index (χ0v) is 19.4. The molecule has 8 heteroatoms. The first-order valence-corrected chi connectivity index (χ1v) is 12.1. The summed E-state index contributed by atoms with van der Waals surface area (Å²) in [6.45, 7) is 3.56. The Morgan fingerprint density at radius 3 is 2.66 bits per heavy atom. The van der Waals surface area contributed by atoms with Crippen molar-refractivity contribution in [1.82, 2.24) is 19.5 Å². The van der Waals surface area contributed by atoms with E-state index in [-0.39, 0.29) is 5.91 Å². The third kappa shape index (κ3) is 4.70. The van der Waals surface area contributed by atoms with E-state index in [0.29, 0.717) is 26.2 Å². The van der Waals surface area contributed by atoms with Crippen LogP contribution in [0.15, 0.2) is 60.7 Å². The Labute approximate surface area is 203 Å². The quantitative estimate of drug-likeness (QED) is 0.463. The van der Waals surface area contributed by atoms with Gasteiger partial charge in [-0.15, -0.1) is 0 Å². The SMILES string of the molecule is O=C(CN1CCCC1)Nc1cccc(Cc2nc3cccc(-c4ccc5c(c4)OCCO5)n3n2)c1. The zero-order chi connectivity index (χ0) is 23.6. The molecule has 4 aromatic rings. The summed E-state index contributed by atoms with van der Waals surface area (Å²) < 4.78 is 13.3. The predicted octanol–water partition coefficient (Wildman–Crippen LogP) is 3.79. The van der Waals surface area contributed by atoms with Gasteiger partial charge >= 0.3 is 0 Å². The highest BCUT2D eigenvalue weighted by atomic mass is 16.6. The monoisotopic (exact) mass is 469 g/mol. The molecular weight excluding hydrogens is 442 g/mol. The van der Waals surface area contributed by atoms with Gasteiger partial charge in [-0.1, -0.05) is 18.2 Å². The summed E-state index contributed by atoms with van der Waals surface area (Å²) in [5.41, 5.74) is 4.54. The van der Waals surface area contributed by atoms with Gasteiger partial charge < -0.3 is 14.8 Å². The molecule has 4 heterocycles. The van der Waals surface area contributed by atoms with Crippen molar-refractivity contribution in [2.24, 2.45) is 0 Å². The fourth-order valence-corrected chi connectivity index (χ4v) is 4.73. The van der Waals surface area contributed by atoms with Crippen molar-refractivity contribution in [3.8, 4) is 22.8 Å². The molecular formula is C27H27N5O3. The van der Waals surface area contributed by atoms with Crippen LogP contribution in [-0.4, -0.2) is 58.3 Å². The lowest BCUT2D eigenvalue weighted by Gasteiger charge is -2.19. The average Bonchev–Trinajstić information content (AvgIpc) is 3.53. The second-order valence-corrected chi connectivity index (χ2v) is 8.98. The molecule has 2 aromatic carbocycles. The number of likely N-dealkylation sites (tertiary alicyclic amines) is 1. The molecule has 0 saturated carbocycles. The molecule has 1 amide bonds. The number of nitrogens with zero attached hydrogens (tertiary/aromatic N) is 4. The second kappa shape index (κ2) is 9.38. The zero-order valence-electron chi connectivity index (χ0n) is 19.4. The van der Waals surface area contributed by atoms with E-state index in [9.17, 15) is 4.79 Å². The first kappa shape index (κ1) is 21.6. The van der Waals surface area contributed by atoms with Crippen LogP contribution >= 0.6 is 0 Å². The molecule has 0 aliphatic carbocycles. The van der Waals surface area contributed by atoms with Crippen LogP contribution in [0.5, 0.6) is 11.5 Å². The number of amides is 1. The van der Waals surface area contributed by atoms with Crippen molar-refractivity contribution in [2.75, 3.05) is 38.2 Å². The number of rotatable bonds is 6. The topological polar surface area (TPSA) is 81.0 Å². The number of nitrogens with one attached hydrogen (secondary N) is 1. The molecule has 2 aliphatic rings. The Hall–Kier alpha value is -3.91. The van der Waals surface area contributed by atoms with Gasteiger partial charge in [-0.25, -0.2) is 9.50 Å². The van der Waals surface area contributed by atoms with Crippen molar-refractivity contribution in [2.45, 2.75) is 19.3 Å². The maximum Gasteiger partial charge on any atom is 0.238 e. The Morgan fingerprint density at radius 2 is 1.77 bits per heavy atom. The molecule has 6 rings (SSSR count). The summed E-state index contributed by atoms with van der Waals surface area (Å²) in [6, 6.07) is 19.8. The van der Waals surface area contributed by atoms with Gasteiger partial charge in [-0.05, 0) is 74.0 Å². The molecule has 8 nitrogen and oxygen atoms in total. The Balaban J connectivity index is 1.21. The minimum Gasteiger partial charge on any atom is -0.486 e. The first-order chi connectivity index (χ1) is 17.2. The number of hydrogen-bond donors (Lipinski definition) is 1. The van der Waals surface area contributed by atoms with Crippen LogP contribution in [-0.2, 0) is 11.2 Å². The number of benzene rings is 2. The van der Waals surface area contributed by atoms with E-state index >= 15 is 0 Å². The van der Waals surface area contributed by atoms with Crippen LogP contribution in [0, 0.1) is 0 Å². The Kier molecular flexibility index (Phi) is 5.79. The number of fused-ring (bicyclic) bond motifs is 2. The van der Waals surface area contributed by atoms with Gasteiger partial charge in [0.25, 0.3) is 0 Å². The lowest BCUT2D eigenvalue weighted by atomic mass is 10.1. The third-order valence-corrected chi connectivity index (χ3v) is 6.38. The normalized spacial score (nSPS) is 15.4. The number of anilines is 1. The smallest absolute Gasteiger partial charge is 0.238 e. The molecule has 0 atom stereocenters. The van der Waals surface area contributed by atoms with Gasteiger partial charge in [-0.2, -0.15) is 5.10 Å². The second-order valence-electron chi connectivity index (χ2n) is 8.98. The molecule has 178 valence electrons. The summed E-state index contributed by atoms with van der Waals surface area (Å²) in [5.74, 6) is 2.25. The first-order valence-electron chi connectivity index (χ1n) is 12.1. The number of pyridine rings is 1. The van der Waals surface area contributed by atoms with Crippen LogP contribution in [0.4, 0.5) is 5.69 Å². The van der Waals surface area contributed by atoms with Gasteiger partial charge in [0.15, 0.2) is 23.0 Å². The van der Waals surface area contributed by atoms with Crippen molar-refractivity contribution in [3.63, 3.8) is 0 Å². The molecule has 35 heavy (non-hydrogen) atoms. The summed E-state index contributed by atoms with van der Waals surface area (Å²) >= 11 is 0. The molecule has 0 spiro atoms. The lowest BCUT2D eigenvalue weighted by Crippen LogP contribution is -2.30. The Morgan fingerprint density at radius 1 is 0.943 bits per heavy atom. The van der Waals surface area contributed by atoms with Crippen molar-refractivity contribution < 1.29 is 14.3 Å². The van der Waals surface area contributed by atoms with E-state index in [1.807, 2.05) is 65.2 Å². The van der Waals surface area contributed by atoms with E-state index in [2.05, 4.69) is 10.2 Å². The summed E-state index contributed by atoms with van der Waals surface area (Å²) in [7, 11) is 0. The number of carbonyl (C=O) groups excluding carboxylic acids is 1. The fraction of sp³-hybridized carbons (Fsp3) is 0.296. The molecule has 1 N–H and O–H groups in total. The van der Waals surface area contributed by atoms with E-state index in [1.165, 1.54) is 12.8 Å². The van der Waals surface area contributed by atoms with Gasteiger partial charge in [0.05, 0.1) is 12.2 Å².